The van der Waals surface area contributed by atoms with Crippen molar-refractivity contribution in [1.29, 1.82) is 0 Å². The number of amides is 3. The van der Waals surface area contributed by atoms with E-state index in [-0.39, 0.29) is 18.2 Å². The molecule has 5 heterocycles. The van der Waals surface area contributed by atoms with Crippen LogP contribution < -0.4 is 15.0 Å². The molecule has 15 nitrogen and oxygen atoms in total. The topological polar surface area (TPSA) is 164 Å². The van der Waals surface area contributed by atoms with Crippen molar-refractivity contribution < 1.29 is 42.8 Å². The number of aryl methyl sites for hydroxylation is 1. The predicted octanol–water partition coefficient (Wildman–Crippen LogP) is 5.34. The number of benzene rings is 2. The molecule has 3 aromatic heterocycles. The molecule has 2 aliphatic heterocycles. The molecule has 1 unspecified atom stereocenters. The maximum atomic E-state index is 12.8. The van der Waals surface area contributed by atoms with Gasteiger partial charge >= 0.3 is 0 Å². The van der Waals surface area contributed by atoms with Crippen LogP contribution >= 0.6 is 11.3 Å². The highest BCUT2D eigenvalue weighted by Gasteiger charge is 2.39. The highest BCUT2D eigenvalue weighted by atomic mass is 32.1. The summed E-state index contributed by atoms with van der Waals surface area (Å²) in [5, 5.41) is 3.27. The van der Waals surface area contributed by atoms with Crippen molar-refractivity contribution in [3.8, 4) is 27.6 Å². The lowest BCUT2D eigenvalue weighted by atomic mass is 10.0. The summed E-state index contributed by atoms with van der Waals surface area (Å²) in [6, 6.07) is 19.1. The molecule has 2 aromatic carbocycles. The Kier molecular flexibility index (Phi) is 15.7. The number of pyridine rings is 2. The van der Waals surface area contributed by atoms with Crippen molar-refractivity contribution in [3.63, 3.8) is 0 Å². The van der Waals surface area contributed by atoms with Crippen LogP contribution in [-0.4, -0.2) is 130 Å². The Balaban J connectivity index is 0.650. The minimum Gasteiger partial charge on any atom is -0.491 e. The predicted molar refractivity (Wildman–Crippen MR) is 231 cm³/mol. The number of anilines is 1. The van der Waals surface area contributed by atoms with Gasteiger partial charge in [0, 0.05) is 74.1 Å². The van der Waals surface area contributed by atoms with E-state index < -0.39 is 11.9 Å². The van der Waals surface area contributed by atoms with Gasteiger partial charge in [0.05, 0.1) is 75.4 Å². The third-order valence-corrected chi connectivity index (χ3v) is 11.3. The fourth-order valence-corrected chi connectivity index (χ4v) is 7.91. The summed E-state index contributed by atoms with van der Waals surface area (Å²) in [6.45, 7) is 5.43. The molecule has 5 aromatic rings. The molecule has 0 spiro atoms. The average molecular weight is 853 g/mol. The number of thiazole rings is 1. The van der Waals surface area contributed by atoms with Crippen molar-refractivity contribution >= 4 is 45.0 Å². The number of nitrogens with zero attached hydrogens (tertiary/aromatic N) is 5. The number of aromatic nitrogens is 3. The molecule has 16 heteroatoms. The highest BCUT2D eigenvalue weighted by molar-refractivity contribution is 7.21. The quantitative estimate of drug-likeness (QED) is 0.0626. The molecule has 1 atom stereocenters. The van der Waals surface area contributed by atoms with E-state index in [0.717, 1.165) is 61.8 Å². The Bertz CT molecular complexity index is 2230. The van der Waals surface area contributed by atoms with E-state index in [4.69, 9.17) is 38.4 Å². The summed E-state index contributed by atoms with van der Waals surface area (Å²) in [5.74, 6) is -0.324. The number of imide groups is 1. The lowest BCUT2D eigenvalue weighted by Crippen LogP contribution is -2.52. The molecule has 1 N–H and O–H groups in total. The van der Waals surface area contributed by atoms with Gasteiger partial charge in [-0.15, -0.1) is 11.3 Å². The lowest BCUT2D eigenvalue weighted by Gasteiger charge is -2.29. The van der Waals surface area contributed by atoms with Crippen molar-refractivity contribution in [2.24, 2.45) is 0 Å². The molecule has 61 heavy (non-hydrogen) atoms. The van der Waals surface area contributed by atoms with E-state index in [2.05, 4.69) is 45.5 Å². The normalized spacial score (nSPS) is 15.1. The number of ether oxygens (including phenoxy) is 6. The lowest BCUT2D eigenvalue weighted by molar-refractivity contribution is -0.136. The van der Waals surface area contributed by atoms with Crippen molar-refractivity contribution in [1.82, 2.24) is 25.2 Å². The van der Waals surface area contributed by atoms with Crippen LogP contribution in [0, 0.1) is 0 Å². The highest BCUT2D eigenvalue weighted by Crippen LogP contribution is 2.33. The molecule has 2 aliphatic rings. The summed E-state index contributed by atoms with van der Waals surface area (Å²) < 4.78 is 35.0. The fourth-order valence-electron chi connectivity index (χ4n) is 6.93. The molecule has 7 rings (SSSR count). The van der Waals surface area contributed by atoms with Crippen molar-refractivity contribution in [2.45, 2.75) is 38.3 Å². The van der Waals surface area contributed by atoms with Gasteiger partial charge in [-0.1, -0.05) is 0 Å². The second-order valence-corrected chi connectivity index (χ2v) is 15.8. The summed E-state index contributed by atoms with van der Waals surface area (Å²) in [6.07, 6.45) is 6.01. The minimum absolute atomic E-state index is 0.211. The van der Waals surface area contributed by atoms with Gasteiger partial charge in [0.15, 0.2) is 0 Å². The Hall–Kier alpha value is -5.36. The molecular formula is C45H52N6O9S. The molecule has 0 bridgehead atoms. The first-order valence-corrected chi connectivity index (χ1v) is 21.4. The second kappa shape index (κ2) is 21.9. The smallest absolute Gasteiger partial charge is 0.255 e. The number of hydrogen-bond donors (Lipinski definition) is 1. The van der Waals surface area contributed by atoms with E-state index >= 15 is 0 Å². The molecule has 3 amide bonds. The van der Waals surface area contributed by atoms with E-state index in [1.807, 2.05) is 44.7 Å². The zero-order chi connectivity index (χ0) is 42.4. The molecule has 1 saturated heterocycles. The first-order chi connectivity index (χ1) is 29.8. The Morgan fingerprint density at radius 3 is 2.10 bits per heavy atom. The zero-order valence-corrected chi connectivity index (χ0v) is 35.5. The Morgan fingerprint density at radius 2 is 1.44 bits per heavy atom. The first-order valence-electron chi connectivity index (χ1n) is 20.6. The molecule has 0 saturated carbocycles. The number of hydrogen-bond acceptors (Lipinski definition) is 14. The van der Waals surface area contributed by atoms with Gasteiger partial charge in [0.25, 0.3) is 5.91 Å². The van der Waals surface area contributed by atoms with Crippen LogP contribution in [0.15, 0.2) is 73.1 Å². The van der Waals surface area contributed by atoms with E-state index in [9.17, 15) is 14.4 Å². The monoisotopic (exact) mass is 852 g/mol. The van der Waals surface area contributed by atoms with Crippen LogP contribution in [-0.2, 0) is 46.2 Å². The molecular weight excluding hydrogens is 801 g/mol. The number of fused-ring (bicyclic) bond motifs is 2. The third kappa shape index (κ3) is 12.1. The molecule has 0 radical (unpaired) electrons. The van der Waals surface area contributed by atoms with Crippen molar-refractivity contribution in [3.05, 3.63) is 89.9 Å². The van der Waals surface area contributed by atoms with Gasteiger partial charge in [0.2, 0.25) is 11.8 Å². The standard InChI is InChI=1S/C45H52N6O9S/c1-50(2)35-8-12-39-41(27-35)61-44(48-39)32-6-11-38(47-29-32)31-5-7-34(46-28-31)4-3-15-55-16-17-56-18-19-57-20-21-58-22-23-59-24-25-60-36-9-10-37-33(26-36)30-51(45(37)54)40-13-14-42(52)49-43(40)53/h5-12,26-29,40H,3-4,13-25,30H2,1-2H3,(H,49,52,53). The van der Waals surface area contributed by atoms with Crippen LogP contribution in [0.5, 0.6) is 5.75 Å². The first kappa shape index (κ1) is 43.7. The van der Waals surface area contributed by atoms with E-state index in [0.29, 0.717) is 97.0 Å². The maximum Gasteiger partial charge on any atom is 0.255 e. The summed E-state index contributed by atoms with van der Waals surface area (Å²) in [7, 11) is 4.08. The molecule has 0 aliphatic carbocycles. The van der Waals surface area contributed by atoms with Crippen LogP contribution in [0.1, 0.15) is 40.9 Å². The fraction of sp³-hybridized carbons (Fsp3) is 0.422. The average Bonchev–Trinajstić information content (AvgIpc) is 3.85. The summed E-state index contributed by atoms with van der Waals surface area (Å²) >= 11 is 1.68. The van der Waals surface area contributed by atoms with Crippen LogP contribution in [0.4, 0.5) is 5.69 Å². The van der Waals surface area contributed by atoms with Gasteiger partial charge < -0.3 is 38.2 Å². The van der Waals surface area contributed by atoms with Gasteiger partial charge in [0.1, 0.15) is 23.4 Å². The third-order valence-electron chi connectivity index (χ3n) is 10.2. The number of nitrogens with one attached hydrogen (secondary N) is 1. The largest absolute Gasteiger partial charge is 0.491 e. The SMILES string of the molecule is CN(C)c1ccc2nc(-c3ccc(-c4ccc(CCCOCCOCCOCCOCCOCCOc5ccc6c(c5)CN(C5CCC(=O)NC5=O)C6=O)nc4)nc3)sc2c1. The van der Waals surface area contributed by atoms with Gasteiger partial charge in [-0.25, -0.2) is 4.98 Å². The number of piperidine rings is 1. The molecule has 1 fully saturated rings. The minimum atomic E-state index is -0.641. The Morgan fingerprint density at radius 1 is 0.754 bits per heavy atom. The maximum absolute atomic E-state index is 12.8. The van der Waals surface area contributed by atoms with Crippen LogP contribution in [0.3, 0.4) is 0 Å². The van der Waals surface area contributed by atoms with E-state index in [1.54, 1.807) is 23.5 Å². The van der Waals surface area contributed by atoms with Gasteiger partial charge in [-0.05, 0) is 85.5 Å². The van der Waals surface area contributed by atoms with Gasteiger partial charge in [-0.2, -0.15) is 0 Å². The summed E-state index contributed by atoms with van der Waals surface area (Å²) in [4.78, 5) is 54.3. The Labute approximate surface area is 359 Å². The number of carbonyl (C=O) groups is 3. The second-order valence-electron chi connectivity index (χ2n) is 14.8. The number of rotatable bonds is 24. The van der Waals surface area contributed by atoms with Crippen LogP contribution in [0.25, 0.3) is 32.0 Å². The van der Waals surface area contributed by atoms with Gasteiger partial charge in [-0.3, -0.25) is 29.7 Å². The number of carbonyl (C=O) groups excluding carboxylic acids is 3. The zero-order valence-electron chi connectivity index (χ0n) is 34.6. The van der Waals surface area contributed by atoms with Crippen molar-refractivity contribution in [2.75, 3.05) is 91.7 Å². The van der Waals surface area contributed by atoms with E-state index in [1.165, 1.54) is 4.90 Å². The molecule has 322 valence electrons. The summed E-state index contributed by atoms with van der Waals surface area (Å²) in [5.41, 5.74) is 7.36. The van der Waals surface area contributed by atoms with Crippen LogP contribution in [0.2, 0.25) is 0 Å².